The standard InChI is InChI=1S/C83H102N2O4/c1-52(2)42-61-30-35-77(4)72(86)34-39-81-67-31-36-78(5)82-40-33-66-68(32-38-79(66)37-29-56(47-79)43-54-16-8-6-9-17-54)83(78,50-73(82)87)71(67)49-80(61,76(77)81)48-65-64(63-23-13-12-21-59(63)46-70(65)81)45-55-18-14-22-58(44-55)60-26-28-74(85-51-60)84-41-15-24-62(57-19-10-7-11-20-57)53(3)25-27-69(82)75(88)89/h6,8-9,12-14,16-18,21-23,26,28,30,33,40,44,46,48,52,56-57,62,66,68-70,72-73,76,84-87H,3,7,10-11,15,19-20,24-25,27,29,31-32,34-39,41-43,45,47,49-51H2,1-2,4-5H3,(H,88,89)/t56-,62+,66-,68+,69-,70-,72-,73+,76+,77+,78+,79-,80+,81+,82-,83+/m0/s1. The molecule has 11 aliphatic carbocycles. The smallest absolute Gasteiger partial charge is 0.307 e. The van der Waals surface area contributed by atoms with Gasteiger partial charge in [-0.2, -0.15) is 0 Å². The van der Waals surface area contributed by atoms with Gasteiger partial charge in [0.2, 0.25) is 0 Å². The molecule has 5 saturated carbocycles. The number of fused-ring (bicyclic) bond motifs is 3. The first kappa shape index (κ1) is 58.6. The maximum atomic E-state index is 15.2. The number of nitrogens with one attached hydrogen (secondary N) is 2. The second-order valence-electron chi connectivity index (χ2n) is 32.9. The molecule has 6 aliphatic heterocycles. The van der Waals surface area contributed by atoms with Crippen molar-refractivity contribution in [1.29, 1.82) is 0 Å². The van der Waals surface area contributed by atoms with Crippen molar-refractivity contribution in [3.05, 3.63) is 183 Å². The predicted octanol–water partition coefficient (Wildman–Crippen LogP) is 15.9. The van der Waals surface area contributed by atoms with Crippen LogP contribution in [0.1, 0.15) is 186 Å². The van der Waals surface area contributed by atoms with Crippen LogP contribution >= 0.6 is 0 Å². The van der Waals surface area contributed by atoms with Crippen LogP contribution in [0.25, 0.3) is 17.2 Å². The fourth-order valence-electron chi connectivity index (χ4n) is 25.4. The Balaban J connectivity index is 0.933. The number of carboxylic acid groups (broad SMARTS) is 1. The average molecular weight is 1190 g/mol. The summed E-state index contributed by atoms with van der Waals surface area (Å²) < 4.78 is 0. The van der Waals surface area contributed by atoms with Crippen molar-refractivity contribution >= 4 is 23.2 Å². The zero-order valence-corrected chi connectivity index (χ0v) is 54.2. The molecule has 14 bridgehead atoms. The van der Waals surface area contributed by atoms with E-state index in [1.165, 1.54) is 107 Å². The molecule has 16 atom stereocenters. The van der Waals surface area contributed by atoms with Crippen LogP contribution in [0, 0.1) is 91.2 Å². The Morgan fingerprint density at radius 2 is 1.62 bits per heavy atom. The SMILES string of the molecule is C=C1CC[C@@H](C(=O)O)[C@@]23C=C[C@H]4[C@@H](CC[C@]45CC[C@@H](Cc4ccccc4)C5)[C@]4(C[C@H]2O)C2=C(CC[C@]34C)[C@]34CC[C@H](O)[C@@]5(C)CC=C(CC(C)C)[C@@](C=C6C(=c7ccccc7=C[C@@H]63)Cc3cccc(c3)C3=CC=C(NCCC[C@H]1C1CCCCC1)NC3)(C2)[C@@H]54. The van der Waals surface area contributed by atoms with Crippen molar-refractivity contribution in [2.45, 2.75) is 194 Å². The van der Waals surface area contributed by atoms with Gasteiger partial charge < -0.3 is 26.0 Å². The number of benzene rings is 3. The van der Waals surface area contributed by atoms with Crippen molar-refractivity contribution in [1.82, 2.24) is 10.6 Å². The number of hydrogen-bond acceptors (Lipinski definition) is 5. The third-order valence-corrected chi connectivity index (χ3v) is 28.8. The van der Waals surface area contributed by atoms with E-state index in [0.29, 0.717) is 48.9 Å². The van der Waals surface area contributed by atoms with Crippen molar-refractivity contribution in [3.63, 3.8) is 0 Å². The third-order valence-electron chi connectivity index (χ3n) is 28.8. The summed E-state index contributed by atoms with van der Waals surface area (Å²) in [6, 6.07) is 30.0. The Hall–Kier alpha value is -5.43. The number of dihydropyridines is 1. The molecule has 0 amide bonds. The lowest BCUT2D eigenvalue weighted by molar-refractivity contribution is -0.171. The molecular weight excluding hydrogens is 1090 g/mol. The molecule has 0 radical (unpaired) electrons. The minimum Gasteiger partial charge on any atom is -0.481 e. The largest absolute Gasteiger partial charge is 0.481 e. The van der Waals surface area contributed by atoms with E-state index in [4.69, 9.17) is 6.58 Å². The Morgan fingerprint density at radius 3 is 2.43 bits per heavy atom. The molecule has 0 aromatic heterocycles. The summed E-state index contributed by atoms with van der Waals surface area (Å²) in [6.07, 6.45) is 41.1. The topological polar surface area (TPSA) is 102 Å². The Kier molecular flexibility index (Phi) is 14.2. The van der Waals surface area contributed by atoms with Crippen molar-refractivity contribution in [3.8, 4) is 0 Å². The van der Waals surface area contributed by atoms with E-state index in [0.717, 1.165) is 96.0 Å². The molecule has 3 aromatic carbocycles. The predicted molar refractivity (Wildman–Crippen MR) is 360 cm³/mol. The highest BCUT2D eigenvalue weighted by molar-refractivity contribution is 5.78. The van der Waals surface area contributed by atoms with E-state index in [1.807, 2.05) is 0 Å². The van der Waals surface area contributed by atoms with Crippen LogP contribution in [0.5, 0.6) is 0 Å². The number of carbonyl (C=O) groups is 1. The first-order valence-electron chi connectivity index (χ1n) is 36.0. The van der Waals surface area contributed by atoms with E-state index in [1.54, 1.807) is 16.7 Å². The summed E-state index contributed by atoms with van der Waals surface area (Å²) in [5.74, 6) is 2.38. The van der Waals surface area contributed by atoms with Gasteiger partial charge in [-0.15, -0.1) is 0 Å². The van der Waals surface area contributed by atoms with Gasteiger partial charge in [0.25, 0.3) is 0 Å². The Labute approximate surface area is 532 Å². The summed E-state index contributed by atoms with van der Waals surface area (Å²) in [6.45, 7) is 16.6. The van der Waals surface area contributed by atoms with Gasteiger partial charge in [-0.05, 0) is 237 Å². The molecule has 17 aliphatic rings. The Morgan fingerprint density at radius 1 is 0.798 bits per heavy atom. The monoisotopic (exact) mass is 1190 g/mol. The molecule has 3 aromatic rings. The summed E-state index contributed by atoms with van der Waals surface area (Å²) in [7, 11) is 0. The average Bonchev–Trinajstić information content (AvgIpc) is 1.63. The molecule has 20 rings (SSSR count). The van der Waals surface area contributed by atoms with Gasteiger partial charge in [0.15, 0.2) is 0 Å². The lowest BCUT2D eigenvalue weighted by atomic mass is 9.29. The van der Waals surface area contributed by atoms with Gasteiger partial charge in [0.05, 0.1) is 23.9 Å². The molecule has 6 heterocycles. The number of aliphatic hydroxyl groups excluding tert-OH is 2. The van der Waals surface area contributed by atoms with Crippen LogP contribution < -0.4 is 21.1 Å². The van der Waals surface area contributed by atoms with E-state index in [-0.39, 0.29) is 39.4 Å². The van der Waals surface area contributed by atoms with Crippen LogP contribution in [-0.2, 0) is 17.6 Å². The first-order valence-corrected chi connectivity index (χ1v) is 36.0. The van der Waals surface area contributed by atoms with E-state index in [9.17, 15) is 15.3 Å². The van der Waals surface area contributed by atoms with Gasteiger partial charge >= 0.3 is 5.97 Å². The van der Waals surface area contributed by atoms with Crippen LogP contribution in [0.15, 0.2) is 156 Å². The first-order chi connectivity index (χ1) is 43.1. The quantitative estimate of drug-likeness (QED) is 0.158. The zero-order chi connectivity index (χ0) is 60.9. The summed E-state index contributed by atoms with van der Waals surface area (Å²) >= 11 is 0. The highest BCUT2D eigenvalue weighted by atomic mass is 16.4. The minimum absolute atomic E-state index is 0.0963. The third kappa shape index (κ3) is 8.47. The van der Waals surface area contributed by atoms with E-state index >= 15 is 4.79 Å². The van der Waals surface area contributed by atoms with Gasteiger partial charge in [-0.3, -0.25) is 4.79 Å². The molecule has 3 spiro atoms. The second-order valence-corrected chi connectivity index (χ2v) is 32.9. The van der Waals surface area contributed by atoms with Crippen LogP contribution in [0.3, 0.4) is 0 Å². The number of allylic oxidation sites excluding steroid dienone is 10. The van der Waals surface area contributed by atoms with Crippen molar-refractivity contribution < 1.29 is 20.1 Å². The van der Waals surface area contributed by atoms with Crippen LogP contribution in [-0.4, -0.2) is 46.6 Å². The molecule has 6 heteroatoms. The Bertz CT molecular complexity index is 3700. The van der Waals surface area contributed by atoms with Crippen LogP contribution in [0.2, 0.25) is 0 Å². The summed E-state index contributed by atoms with van der Waals surface area (Å²) in [5.41, 5.74) is 11.6. The zero-order valence-electron chi connectivity index (χ0n) is 54.2. The molecule has 5 N–H and O–H groups in total. The number of rotatable bonds is 6. The van der Waals surface area contributed by atoms with Crippen LogP contribution in [0.4, 0.5) is 0 Å². The molecule has 5 fully saturated rings. The minimum atomic E-state index is -0.983. The fourth-order valence-corrected chi connectivity index (χ4v) is 25.4. The second kappa shape index (κ2) is 21.6. The molecule has 0 unspecified atom stereocenters. The molecule has 89 heavy (non-hydrogen) atoms. The van der Waals surface area contributed by atoms with Gasteiger partial charge in [-0.1, -0.05) is 191 Å². The van der Waals surface area contributed by atoms with Gasteiger partial charge in [-0.25, -0.2) is 0 Å². The normalized spacial score (nSPS) is 41.2. The fraction of sp³-hybridized carbons (Fsp3) is 0.578. The highest BCUT2D eigenvalue weighted by Gasteiger charge is 2.81. The molecule has 6 nitrogen and oxygen atoms in total. The highest BCUT2D eigenvalue weighted by Crippen LogP contribution is 2.86. The molecule has 0 saturated heterocycles. The van der Waals surface area contributed by atoms with Gasteiger partial charge in [0, 0.05) is 46.1 Å². The lowest BCUT2D eigenvalue weighted by Crippen LogP contribution is -2.69. The summed E-state index contributed by atoms with van der Waals surface area (Å²) in [5, 5.41) is 49.9. The number of aliphatic hydroxyl groups is 2. The maximum Gasteiger partial charge on any atom is 0.307 e. The van der Waals surface area contributed by atoms with Crippen molar-refractivity contribution in [2.75, 3.05) is 13.1 Å². The number of hydrogen-bond donors (Lipinski definition) is 5. The maximum absolute atomic E-state index is 15.2. The summed E-state index contributed by atoms with van der Waals surface area (Å²) in [4.78, 5) is 15.2. The lowest BCUT2D eigenvalue weighted by Gasteiger charge is -2.74. The van der Waals surface area contributed by atoms with Gasteiger partial charge in [0.1, 0.15) is 0 Å². The van der Waals surface area contributed by atoms with E-state index in [2.05, 4.69) is 160 Å². The van der Waals surface area contributed by atoms with E-state index < -0.39 is 40.3 Å². The molecular formula is C83H102N2O4. The van der Waals surface area contributed by atoms with Crippen molar-refractivity contribution in [2.24, 2.45) is 91.2 Å². The molecule has 468 valence electrons. The number of carboxylic acids is 1. The number of aliphatic carboxylic acids is 1.